The van der Waals surface area contributed by atoms with Crippen LogP contribution in [0.4, 0.5) is 20.2 Å². The maximum Gasteiger partial charge on any atom is 0.586 e. The SMILES string of the molecule is N#Cc1ccc(Nc2ccc3c(c2)OC(F)(F)O3)cc1Cl. The van der Waals surface area contributed by atoms with E-state index < -0.39 is 6.29 Å². The number of halogens is 3. The highest BCUT2D eigenvalue weighted by molar-refractivity contribution is 6.32. The molecular weight excluding hydrogens is 302 g/mol. The second-order valence-corrected chi connectivity index (χ2v) is 4.67. The molecule has 1 heterocycles. The van der Waals surface area contributed by atoms with E-state index in [0.717, 1.165) is 0 Å². The van der Waals surface area contributed by atoms with E-state index in [1.807, 2.05) is 6.07 Å². The lowest BCUT2D eigenvalue weighted by molar-refractivity contribution is -0.286. The van der Waals surface area contributed by atoms with Crippen LogP contribution in [-0.4, -0.2) is 6.29 Å². The normalized spacial score (nSPS) is 14.6. The summed E-state index contributed by atoms with van der Waals surface area (Å²) in [5.41, 5.74) is 1.49. The lowest BCUT2D eigenvalue weighted by atomic mass is 10.2. The second-order valence-electron chi connectivity index (χ2n) is 4.26. The van der Waals surface area contributed by atoms with E-state index in [2.05, 4.69) is 14.8 Å². The Balaban J connectivity index is 1.84. The standard InChI is InChI=1S/C14H7ClF2N2O2/c15-11-5-9(2-1-8(11)7-18)19-10-3-4-12-13(6-10)21-14(16,17)20-12/h1-6,19H. The molecule has 0 aliphatic carbocycles. The topological polar surface area (TPSA) is 54.3 Å². The van der Waals surface area contributed by atoms with Gasteiger partial charge in [0.1, 0.15) is 6.07 Å². The minimum Gasteiger partial charge on any atom is -0.395 e. The van der Waals surface area contributed by atoms with Gasteiger partial charge in [0.2, 0.25) is 0 Å². The predicted molar refractivity (Wildman–Crippen MR) is 72.1 cm³/mol. The second kappa shape index (κ2) is 4.79. The third-order valence-electron chi connectivity index (χ3n) is 2.78. The molecular formula is C14H7ClF2N2O2. The quantitative estimate of drug-likeness (QED) is 0.900. The van der Waals surface area contributed by atoms with Crippen LogP contribution in [0.25, 0.3) is 0 Å². The molecule has 0 unspecified atom stereocenters. The van der Waals surface area contributed by atoms with Gasteiger partial charge in [0.15, 0.2) is 11.5 Å². The monoisotopic (exact) mass is 308 g/mol. The van der Waals surface area contributed by atoms with E-state index >= 15 is 0 Å². The Kier molecular flexibility index (Phi) is 3.07. The number of hydrogen-bond acceptors (Lipinski definition) is 4. The van der Waals surface area contributed by atoms with Crippen molar-refractivity contribution in [2.75, 3.05) is 5.32 Å². The maximum atomic E-state index is 12.9. The number of nitrogens with zero attached hydrogens (tertiary/aromatic N) is 1. The summed E-state index contributed by atoms with van der Waals surface area (Å²) in [6.07, 6.45) is -3.64. The molecule has 0 aromatic heterocycles. The number of nitriles is 1. The molecule has 0 spiro atoms. The van der Waals surface area contributed by atoms with E-state index in [9.17, 15) is 8.78 Å². The molecule has 0 radical (unpaired) electrons. The zero-order chi connectivity index (χ0) is 15.0. The number of alkyl halides is 2. The van der Waals surface area contributed by atoms with Gasteiger partial charge in [0, 0.05) is 17.4 Å². The molecule has 0 atom stereocenters. The number of hydrogen-bond donors (Lipinski definition) is 1. The number of anilines is 2. The summed E-state index contributed by atoms with van der Waals surface area (Å²) >= 11 is 5.92. The first-order valence-electron chi connectivity index (χ1n) is 5.83. The third-order valence-corrected chi connectivity index (χ3v) is 3.09. The van der Waals surface area contributed by atoms with E-state index in [0.29, 0.717) is 22.0 Å². The Labute approximate surface area is 123 Å². The van der Waals surface area contributed by atoms with Gasteiger partial charge in [-0.2, -0.15) is 5.26 Å². The van der Waals surface area contributed by atoms with Crippen LogP contribution in [0.15, 0.2) is 36.4 Å². The average Bonchev–Trinajstić information content (AvgIpc) is 2.72. The number of nitrogens with one attached hydrogen (secondary N) is 1. The Morgan fingerprint density at radius 2 is 1.71 bits per heavy atom. The Bertz CT molecular complexity index is 759. The molecule has 106 valence electrons. The first-order chi connectivity index (χ1) is 9.97. The first kappa shape index (κ1) is 13.5. The molecule has 2 aromatic rings. The highest BCUT2D eigenvalue weighted by atomic mass is 35.5. The molecule has 0 fully saturated rings. The predicted octanol–water partition coefficient (Wildman–Crippen LogP) is 4.28. The fourth-order valence-corrected chi connectivity index (χ4v) is 2.10. The van der Waals surface area contributed by atoms with Crippen molar-refractivity contribution in [2.24, 2.45) is 0 Å². The van der Waals surface area contributed by atoms with Gasteiger partial charge in [0.05, 0.1) is 10.6 Å². The summed E-state index contributed by atoms with van der Waals surface area (Å²) in [6.45, 7) is 0. The zero-order valence-electron chi connectivity index (χ0n) is 10.4. The number of benzene rings is 2. The number of rotatable bonds is 2. The maximum absolute atomic E-state index is 12.9. The molecule has 2 aromatic carbocycles. The fraction of sp³-hybridized carbons (Fsp3) is 0.0714. The summed E-state index contributed by atoms with van der Waals surface area (Å²) in [4.78, 5) is 0. The molecule has 0 bridgehead atoms. The van der Waals surface area contributed by atoms with Crippen LogP contribution >= 0.6 is 11.6 Å². The lowest BCUT2D eigenvalue weighted by Gasteiger charge is -2.08. The minimum absolute atomic E-state index is 0.0246. The van der Waals surface area contributed by atoms with Gasteiger partial charge in [0.25, 0.3) is 0 Å². The number of ether oxygens (including phenoxy) is 2. The van der Waals surface area contributed by atoms with Crippen LogP contribution < -0.4 is 14.8 Å². The van der Waals surface area contributed by atoms with Crippen molar-refractivity contribution in [2.45, 2.75) is 6.29 Å². The molecule has 1 aliphatic rings. The van der Waals surface area contributed by atoms with Gasteiger partial charge >= 0.3 is 6.29 Å². The summed E-state index contributed by atoms with van der Waals surface area (Å²) in [7, 11) is 0. The molecule has 0 saturated carbocycles. The summed E-state index contributed by atoms with van der Waals surface area (Å²) in [5, 5.41) is 12.1. The Hall–Kier alpha value is -2.52. The van der Waals surface area contributed by atoms with Crippen molar-refractivity contribution in [3.8, 4) is 17.6 Å². The van der Waals surface area contributed by atoms with Crippen LogP contribution in [0.3, 0.4) is 0 Å². The molecule has 7 heteroatoms. The van der Waals surface area contributed by atoms with Gasteiger partial charge < -0.3 is 14.8 Å². The van der Waals surface area contributed by atoms with Gasteiger partial charge in [-0.3, -0.25) is 0 Å². The zero-order valence-corrected chi connectivity index (χ0v) is 11.1. The summed E-state index contributed by atoms with van der Waals surface area (Å²) < 4.78 is 34.5. The fourth-order valence-electron chi connectivity index (χ4n) is 1.88. The van der Waals surface area contributed by atoms with E-state index in [4.69, 9.17) is 16.9 Å². The highest BCUT2D eigenvalue weighted by Crippen LogP contribution is 2.42. The van der Waals surface area contributed by atoms with Crippen LogP contribution in [0.1, 0.15) is 5.56 Å². The van der Waals surface area contributed by atoms with Crippen LogP contribution in [0, 0.1) is 11.3 Å². The smallest absolute Gasteiger partial charge is 0.395 e. The van der Waals surface area contributed by atoms with Crippen LogP contribution in [0.2, 0.25) is 5.02 Å². The van der Waals surface area contributed by atoms with Crippen molar-refractivity contribution >= 4 is 23.0 Å². The highest BCUT2D eigenvalue weighted by Gasteiger charge is 2.43. The van der Waals surface area contributed by atoms with Crippen molar-refractivity contribution < 1.29 is 18.3 Å². The minimum atomic E-state index is -3.64. The Morgan fingerprint density at radius 1 is 1.05 bits per heavy atom. The van der Waals surface area contributed by atoms with Crippen LogP contribution in [0.5, 0.6) is 11.5 Å². The first-order valence-corrected chi connectivity index (χ1v) is 6.21. The molecule has 0 saturated heterocycles. The summed E-state index contributed by atoms with van der Waals surface area (Å²) in [6, 6.07) is 11.1. The van der Waals surface area contributed by atoms with Crippen molar-refractivity contribution in [3.05, 3.63) is 47.0 Å². The molecule has 3 rings (SSSR count). The lowest BCUT2D eigenvalue weighted by Crippen LogP contribution is -2.25. The van der Waals surface area contributed by atoms with Crippen molar-refractivity contribution in [1.82, 2.24) is 0 Å². The molecule has 0 amide bonds. The van der Waals surface area contributed by atoms with Gasteiger partial charge in [-0.1, -0.05) is 11.6 Å². The number of fused-ring (bicyclic) bond motifs is 1. The molecule has 1 N–H and O–H groups in total. The molecule has 4 nitrogen and oxygen atoms in total. The summed E-state index contributed by atoms with van der Waals surface area (Å²) in [5.74, 6) is -0.0758. The van der Waals surface area contributed by atoms with Gasteiger partial charge in [-0.25, -0.2) is 0 Å². The average molecular weight is 309 g/mol. The van der Waals surface area contributed by atoms with Crippen molar-refractivity contribution in [3.63, 3.8) is 0 Å². The largest absolute Gasteiger partial charge is 0.586 e. The van der Waals surface area contributed by atoms with E-state index in [1.165, 1.54) is 12.1 Å². The third kappa shape index (κ3) is 2.69. The molecule has 21 heavy (non-hydrogen) atoms. The van der Waals surface area contributed by atoms with E-state index in [1.54, 1.807) is 24.3 Å². The van der Waals surface area contributed by atoms with Crippen molar-refractivity contribution in [1.29, 1.82) is 5.26 Å². The van der Waals surface area contributed by atoms with Gasteiger partial charge in [-0.15, -0.1) is 8.78 Å². The van der Waals surface area contributed by atoms with Gasteiger partial charge in [-0.05, 0) is 30.3 Å². The van der Waals surface area contributed by atoms with E-state index in [-0.39, 0.29) is 11.5 Å². The molecule has 1 aliphatic heterocycles. The Morgan fingerprint density at radius 3 is 2.43 bits per heavy atom. The van der Waals surface area contributed by atoms with Crippen LogP contribution in [-0.2, 0) is 0 Å².